The standard InChI is InChI=1S/C14H18O2/c1-9-4-5-12(8-10(9)2)14(13(15)16)7-6-11(14)3/h4-5,8,11H,6-7H2,1-3H3,(H,15,16). The van der Waals surface area contributed by atoms with E-state index in [9.17, 15) is 9.90 Å². The summed E-state index contributed by atoms with van der Waals surface area (Å²) in [7, 11) is 0. The Bertz CT molecular complexity index is 436. The molecule has 0 saturated heterocycles. The highest BCUT2D eigenvalue weighted by atomic mass is 16.4. The van der Waals surface area contributed by atoms with Gasteiger partial charge in [0.1, 0.15) is 0 Å². The molecule has 1 aromatic carbocycles. The van der Waals surface area contributed by atoms with E-state index in [4.69, 9.17) is 0 Å². The Morgan fingerprint density at radius 2 is 2.06 bits per heavy atom. The molecule has 16 heavy (non-hydrogen) atoms. The summed E-state index contributed by atoms with van der Waals surface area (Å²) in [6.45, 7) is 6.13. The van der Waals surface area contributed by atoms with Crippen molar-refractivity contribution in [2.75, 3.05) is 0 Å². The van der Waals surface area contributed by atoms with Gasteiger partial charge >= 0.3 is 5.97 Å². The number of carbonyl (C=O) groups is 1. The van der Waals surface area contributed by atoms with E-state index in [1.165, 1.54) is 11.1 Å². The minimum atomic E-state index is -0.672. The van der Waals surface area contributed by atoms with Crippen LogP contribution in [0.25, 0.3) is 0 Å². The maximum absolute atomic E-state index is 11.5. The number of carboxylic acid groups (broad SMARTS) is 1. The van der Waals surface area contributed by atoms with E-state index < -0.39 is 11.4 Å². The Hall–Kier alpha value is -1.31. The highest BCUT2D eigenvalue weighted by Gasteiger charge is 2.51. The van der Waals surface area contributed by atoms with E-state index in [-0.39, 0.29) is 5.92 Å². The molecule has 2 rings (SSSR count). The smallest absolute Gasteiger partial charge is 0.314 e. The quantitative estimate of drug-likeness (QED) is 0.828. The second kappa shape index (κ2) is 3.62. The second-order valence-electron chi connectivity index (χ2n) is 5.02. The van der Waals surface area contributed by atoms with Gasteiger partial charge in [-0.05, 0) is 49.3 Å². The summed E-state index contributed by atoms with van der Waals surface area (Å²) in [5.74, 6) is -0.429. The summed E-state index contributed by atoms with van der Waals surface area (Å²) < 4.78 is 0. The highest BCUT2D eigenvalue weighted by Crippen LogP contribution is 2.49. The number of hydrogen-bond donors (Lipinski definition) is 1. The van der Waals surface area contributed by atoms with E-state index in [1.807, 2.05) is 32.0 Å². The van der Waals surface area contributed by atoms with Gasteiger partial charge in [0.2, 0.25) is 0 Å². The average Bonchev–Trinajstić information content (AvgIpc) is 2.21. The second-order valence-corrected chi connectivity index (χ2v) is 5.02. The minimum absolute atomic E-state index is 0.243. The summed E-state index contributed by atoms with van der Waals surface area (Å²) >= 11 is 0. The van der Waals surface area contributed by atoms with Crippen LogP contribution in [0.3, 0.4) is 0 Å². The van der Waals surface area contributed by atoms with Crippen LogP contribution in [-0.2, 0) is 10.2 Å². The zero-order valence-corrected chi connectivity index (χ0v) is 10.1. The molecule has 0 aliphatic heterocycles. The number of aliphatic carboxylic acids is 1. The van der Waals surface area contributed by atoms with Crippen molar-refractivity contribution in [1.29, 1.82) is 0 Å². The molecule has 2 nitrogen and oxygen atoms in total. The van der Waals surface area contributed by atoms with E-state index in [0.29, 0.717) is 0 Å². The predicted molar refractivity (Wildman–Crippen MR) is 63.6 cm³/mol. The first-order valence-corrected chi connectivity index (χ1v) is 5.79. The first-order chi connectivity index (χ1) is 7.48. The normalized spacial score (nSPS) is 28.6. The van der Waals surface area contributed by atoms with Crippen LogP contribution in [-0.4, -0.2) is 11.1 Å². The molecule has 2 heteroatoms. The Morgan fingerprint density at radius 3 is 2.44 bits per heavy atom. The fourth-order valence-electron chi connectivity index (χ4n) is 2.61. The van der Waals surface area contributed by atoms with Gasteiger partial charge in [0.05, 0.1) is 5.41 Å². The molecule has 0 bridgehead atoms. The molecule has 1 N–H and O–H groups in total. The molecule has 2 atom stereocenters. The fourth-order valence-corrected chi connectivity index (χ4v) is 2.61. The van der Waals surface area contributed by atoms with Crippen molar-refractivity contribution in [2.24, 2.45) is 5.92 Å². The van der Waals surface area contributed by atoms with Crippen molar-refractivity contribution in [1.82, 2.24) is 0 Å². The Kier molecular flexibility index (Phi) is 2.53. The van der Waals surface area contributed by atoms with Gasteiger partial charge in [0, 0.05) is 0 Å². The zero-order chi connectivity index (χ0) is 11.9. The largest absolute Gasteiger partial charge is 0.481 e. The third kappa shape index (κ3) is 1.36. The van der Waals surface area contributed by atoms with Gasteiger partial charge in [0.25, 0.3) is 0 Å². The molecular formula is C14H18O2. The van der Waals surface area contributed by atoms with Crippen LogP contribution in [0, 0.1) is 19.8 Å². The van der Waals surface area contributed by atoms with Gasteiger partial charge in [-0.25, -0.2) is 0 Å². The summed E-state index contributed by atoms with van der Waals surface area (Å²) in [5.41, 5.74) is 2.74. The van der Waals surface area contributed by atoms with Crippen LogP contribution in [0.5, 0.6) is 0 Å². The molecular weight excluding hydrogens is 200 g/mol. The molecule has 1 aliphatic rings. The first-order valence-electron chi connectivity index (χ1n) is 5.79. The van der Waals surface area contributed by atoms with Crippen LogP contribution in [0.1, 0.15) is 36.5 Å². The lowest BCUT2D eigenvalue weighted by Crippen LogP contribution is -2.49. The molecule has 0 spiro atoms. The number of carboxylic acids is 1. The maximum atomic E-state index is 11.5. The van der Waals surface area contributed by atoms with Gasteiger partial charge in [-0.1, -0.05) is 25.1 Å². The van der Waals surface area contributed by atoms with Gasteiger partial charge in [-0.15, -0.1) is 0 Å². The lowest BCUT2D eigenvalue weighted by Gasteiger charge is -2.45. The third-order valence-electron chi connectivity index (χ3n) is 4.22. The topological polar surface area (TPSA) is 37.3 Å². The van der Waals surface area contributed by atoms with Gasteiger partial charge in [-0.3, -0.25) is 4.79 Å². The molecule has 1 aliphatic carbocycles. The van der Waals surface area contributed by atoms with E-state index in [2.05, 4.69) is 6.92 Å². The van der Waals surface area contributed by atoms with Crippen molar-refractivity contribution >= 4 is 5.97 Å². The van der Waals surface area contributed by atoms with E-state index in [0.717, 1.165) is 18.4 Å². The van der Waals surface area contributed by atoms with Crippen LogP contribution in [0.2, 0.25) is 0 Å². The third-order valence-corrected chi connectivity index (χ3v) is 4.22. The molecule has 0 radical (unpaired) electrons. The molecule has 0 aromatic heterocycles. The molecule has 86 valence electrons. The van der Waals surface area contributed by atoms with Crippen LogP contribution in [0.4, 0.5) is 0 Å². The van der Waals surface area contributed by atoms with Gasteiger partial charge < -0.3 is 5.11 Å². The lowest BCUT2D eigenvalue weighted by atomic mass is 9.57. The number of aryl methyl sites for hydroxylation is 2. The number of benzene rings is 1. The lowest BCUT2D eigenvalue weighted by molar-refractivity contribution is -0.151. The molecule has 0 amide bonds. The van der Waals surface area contributed by atoms with Gasteiger partial charge in [0.15, 0.2) is 0 Å². The summed E-state index contributed by atoms with van der Waals surface area (Å²) in [5, 5.41) is 9.47. The SMILES string of the molecule is Cc1ccc(C2(C(=O)O)CCC2C)cc1C. The molecule has 1 fully saturated rings. The van der Waals surface area contributed by atoms with Crippen molar-refractivity contribution in [3.05, 3.63) is 34.9 Å². The fraction of sp³-hybridized carbons (Fsp3) is 0.500. The summed E-state index contributed by atoms with van der Waals surface area (Å²) in [4.78, 5) is 11.5. The predicted octanol–water partition coefficient (Wildman–Crippen LogP) is 3.06. The minimum Gasteiger partial charge on any atom is -0.481 e. The van der Waals surface area contributed by atoms with E-state index >= 15 is 0 Å². The Morgan fingerprint density at radius 1 is 1.38 bits per heavy atom. The first kappa shape index (κ1) is 11.2. The van der Waals surface area contributed by atoms with Crippen LogP contribution >= 0.6 is 0 Å². The molecule has 0 heterocycles. The van der Waals surface area contributed by atoms with Crippen LogP contribution in [0.15, 0.2) is 18.2 Å². The molecule has 1 aromatic rings. The van der Waals surface area contributed by atoms with Crippen molar-refractivity contribution in [3.63, 3.8) is 0 Å². The maximum Gasteiger partial charge on any atom is 0.314 e. The van der Waals surface area contributed by atoms with Crippen molar-refractivity contribution < 1.29 is 9.90 Å². The zero-order valence-electron chi connectivity index (χ0n) is 10.1. The molecule has 2 unspecified atom stereocenters. The van der Waals surface area contributed by atoms with Crippen molar-refractivity contribution in [2.45, 2.75) is 39.0 Å². The monoisotopic (exact) mass is 218 g/mol. The summed E-state index contributed by atoms with van der Waals surface area (Å²) in [6.07, 6.45) is 1.78. The van der Waals surface area contributed by atoms with Crippen LogP contribution < -0.4 is 0 Å². The van der Waals surface area contributed by atoms with Crippen molar-refractivity contribution in [3.8, 4) is 0 Å². The Labute approximate surface area is 96.3 Å². The van der Waals surface area contributed by atoms with E-state index in [1.54, 1.807) is 0 Å². The number of rotatable bonds is 2. The van der Waals surface area contributed by atoms with Gasteiger partial charge in [-0.2, -0.15) is 0 Å². The summed E-state index contributed by atoms with van der Waals surface area (Å²) in [6, 6.07) is 6.05. The average molecular weight is 218 g/mol. The molecule has 1 saturated carbocycles. The Balaban J connectivity index is 2.49. The highest BCUT2D eigenvalue weighted by molar-refractivity contribution is 5.83. The number of hydrogen-bond acceptors (Lipinski definition) is 1.